The molecule has 1 saturated heterocycles. The van der Waals surface area contributed by atoms with E-state index in [4.69, 9.17) is 14.2 Å². The first-order valence-corrected chi connectivity index (χ1v) is 11.0. The van der Waals surface area contributed by atoms with Crippen LogP contribution in [0.5, 0.6) is 11.5 Å². The predicted octanol–water partition coefficient (Wildman–Crippen LogP) is 4.72. The lowest BCUT2D eigenvalue weighted by Crippen LogP contribution is -2.44. The van der Waals surface area contributed by atoms with Crippen molar-refractivity contribution in [1.29, 1.82) is 0 Å². The molecule has 3 rings (SSSR count). The van der Waals surface area contributed by atoms with E-state index in [1.165, 1.54) is 11.1 Å². The van der Waals surface area contributed by atoms with E-state index < -0.39 is 0 Å². The standard InChI is InChI=1S/C25H35N3O3.HI/c1-18-11-13-20(14-12-18)24-21(8-7-15-30-24)17-28-25(26-3)27-16-19(2)31-23-10-6-5-9-22(23)29-4;/h5-6,9-14,19,21,24H,7-8,15-17H2,1-4H3,(H2,26,27,28);1H. The third kappa shape index (κ3) is 7.55. The quantitative estimate of drug-likeness (QED) is 0.282. The van der Waals surface area contributed by atoms with Crippen LogP contribution in [0, 0.1) is 12.8 Å². The van der Waals surface area contributed by atoms with Crippen LogP contribution in [-0.2, 0) is 4.74 Å². The second kappa shape index (κ2) is 13.5. The third-order valence-electron chi connectivity index (χ3n) is 5.56. The maximum Gasteiger partial charge on any atom is 0.191 e. The number of hydrogen-bond acceptors (Lipinski definition) is 4. The van der Waals surface area contributed by atoms with E-state index in [-0.39, 0.29) is 36.2 Å². The summed E-state index contributed by atoms with van der Waals surface area (Å²) >= 11 is 0. The van der Waals surface area contributed by atoms with Crippen LogP contribution in [0.4, 0.5) is 0 Å². The molecule has 6 nitrogen and oxygen atoms in total. The van der Waals surface area contributed by atoms with Gasteiger partial charge in [-0.25, -0.2) is 0 Å². The Morgan fingerprint density at radius 3 is 2.53 bits per heavy atom. The fraction of sp³-hybridized carbons (Fsp3) is 0.480. The van der Waals surface area contributed by atoms with Crippen molar-refractivity contribution in [2.45, 2.75) is 38.9 Å². The number of guanidine groups is 1. The van der Waals surface area contributed by atoms with Crippen molar-refractivity contribution < 1.29 is 14.2 Å². The Bertz CT molecular complexity index is 845. The lowest BCUT2D eigenvalue weighted by atomic mass is 9.89. The van der Waals surface area contributed by atoms with E-state index in [0.717, 1.165) is 43.5 Å². The Labute approximate surface area is 209 Å². The highest BCUT2D eigenvalue weighted by Crippen LogP contribution is 2.33. The molecule has 7 heteroatoms. The number of benzene rings is 2. The van der Waals surface area contributed by atoms with Gasteiger partial charge in [0.05, 0.1) is 19.8 Å². The van der Waals surface area contributed by atoms with E-state index in [1.807, 2.05) is 31.2 Å². The summed E-state index contributed by atoms with van der Waals surface area (Å²) in [7, 11) is 3.44. The van der Waals surface area contributed by atoms with Crippen molar-refractivity contribution in [3.63, 3.8) is 0 Å². The van der Waals surface area contributed by atoms with Gasteiger partial charge >= 0.3 is 0 Å². The zero-order valence-electron chi connectivity index (χ0n) is 19.5. The lowest BCUT2D eigenvalue weighted by Gasteiger charge is -2.32. The van der Waals surface area contributed by atoms with Crippen LogP contribution < -0.4 is 20.1 Å². The average Bonchev–Trinajstić information content (AvgIpc) is 2.80. The lowest BCUT2D eigenvalue weighted by molar-refractivity contribution is -0.0265. The van der Waals surface area contributed by atoms with Crippen molar-refractivity contribution in [2.75, 3.05) is 33.9 Å². The Kier molecular flexibility index (Phi) is 11.1. The second-order valence-electron chi connectivity index (χ2n) is 8.02. The molecule has 0 aromatic heterocycles. The molecule has 1 aliphatic rings. The van der Waals surface area contributed by atoms with Gasteiger partial charge < -0.3 is 24.8 Å². The number of aryl methyl sites for hydroxylation is 1. The summed E-state index contributed by atoms with van der Waals surface area (Å²) in [5.74, 6) is 2.64. The van der Waals surface area contributed by atoms with Crippen LogP contribution in [-0.4, -0.2) is 45.9 Å². The fourth-order valence-electron chi connectivity index (χ4n) is 3.84. The molecule has 0 bridgehead atoms. The molecule has 32 heavy (non-hydrogen) atoms. The summed E-state index contributed by atoms with van der Waals surface area (Å²) in [6.07, 6.45) is 2.29. The molecule has 1 heterocycles. The van der Waals surface area contributed by atoms with Gasteiger partial charge in [-0.15, -0.1) is 24.0 Å². The molecule has 176 valence electrons. The highest BCUT2D eigenvalue weighted by Gasteiger charge is 2.27. The number of para-hydroxylation sites is 2. The zero-order chi connectivity index (χ0) is 22.1. The maximum atomic E-state index is 6.14. The number of hydrogen-bond donors (Lipinski definition) is 2. The van der Waals surface area contributed by atoms with E-state index in [2.05, 4.69) is 46.8 Å². The summed E-state index contributed by atoms with van der Waals surface area (Å²) in [4.78, 5) is 4.37. The average molecular weight is 553 g/mol. The number of nitrogens with zero attached hydrogens (tertiary/aromatic N) is 1. The van der Waals surface area contributed by atoms with Gasteiger partial charge in [0.25, 0.3) is 0 Å². The molecule has 0 aliphatic carbocycles. The maximum absolute atomic E-state index is 6.14. The van der Waals surface area contributed by atoms with Crippen LogP contribution in [0.25, 0.3) is 0 Å². The minimum atomic E-state index is -0.0480. The summed E-state index contributed by atoms with van der Waals surface area (Å²) in [6.45, 7) is 6.38. The summed E-state index contributed by atoms with van der Waals surface area (Å²) < 4.78 is 17.5. The molecular weight excluding hydrogens is 517 g/mol. The first kappa shape index (κ1) is 26.3. The molecule has 0 radical (unpaired) electrons. The number of ether oxygens (including phenoxy) is 3. The minimum absolute atomic E-state index is 0. The summed E-state index contributed by atoms with van der Waals surface area (Å²) in [5.41, 5.74) is 2.52. The van der Waals surface area contributed by atoms with Crippen molar-refractivity contribution in [3.05, 3.63) is 59.7 Å². The smallest absolute Gasteiger partial charge is 0.191 e. The number of aliphatic imine (C=N–C) groups is 1. The minimum Gasteiger partial charge on any atom is -0.493 e. The Morgan fingerprint density at radius 1 is 1.12 bits per heavy atom. The van der Waals surface area contributed by atoms with Gasteiger partial charge in [0.2, 0.25) is 0 Å². The molecule has 2 N–H and O–H groups in total. The highest BCUT2D eigenvalue weighted by molar-refractivity contribution is 14.0. The number of nitrogens with one attached hydrogen (secondary N) is 2. The van der Waals surface area contributed by atoms with Crippen LogP contribution in [0.1, 0.15) is 37.0 Å². The van der Waals surface area contributed by atoms with Crippen molar-refractivity contribution in [2.24, 2.45) is 10.9 Å². The van der Waals surface area contributed by atoms with E-state index in [1.54, 1.807) is 14.2 Å². The predicted molar refractivity (Wildman–Crippen MR) is 140 cm³/mol. The topological polar surface area (TPSA) is 64.1 Å². The van der Waals surface area contributed by atoms with Crippen molar-refractivity contribution >= 4 is 29.9 Å². The molecule has 0 amide bonds. The van der Waals surface area contributed by atoms with Crippen LogP contribution in [0.15, 0.2) is 53.5 Å². The second-order valence-corrected chi connectivity index (χ2v) is 8.02. The SMILES string of the molecule is CN=C(NCC(C)Oc1ccccc1OC)NCC1CCCOC1c1ccc(C)cc1.I. The summed E-state index contributed by atoms with van der Waals surface area (Å²) in [6, 6.07) is 16.4. The Hall–Kier alpha value is -2.00. The van der Waals surface area contributed by atoms with E-state index in [0.29, 0.717) is 12.5 Å². The van der Waals surface area contributed by atoms with Crippen molar-refractivity contribution in [1.82, 2.24) is 10.6 Å². The third-order valence-corrected chi connectivity index (χ3v) is 5.56. The monoisotopic (exact) mass is 553 g/mol. The molecule has 2 aromatic rings. The highest BCUT2D eigenvalue weighted by atomic mass is 127. The summed E-state index contributed by atoms with van der Waals surface area (Å²) in [5, 5.41) is 6.83. The number of halogens is 1. The van der Waals surface area contributed by atoms with Gasteiger partial charge in [-0.3, -0.25) is 4.99 Å². The van der Waals surface area contributed by atoms with Gasteiger partial charge in [0.15, 0.2) is 17.5 Å². The van der Waals surface area contributed by atoms with Gasteiger partial charge in [-0.2, -0.15) is 0 Å². The first-order chi connectivity index (χ1) is 15.1. The van der Waals surface area contributed by atoms with Crippen LogP contribution in [0.2, 0.25) is 0 Å². The van der Waals surface area contributed by atoms with E-state index >= 15 is 0 Å². The molecule has 1 aliphatic heterocycles. The largest absolute Gasteiger partial charge is 0.493 e. The zero-order valence-corrected chi connectivity index (χ0v) is 21.8. The Balaban J connectivity index is 0.00000363. The molecule has 3 unspecified atom stereocenters. The van der Waals surface area contributed by atoms with Crippen molar-refractivity contribution in [3.8, 4) is 11.5 Å². The van der Waals surface area contributed by atoms with Gasteiger partial charge in [-0.1, -0.05) is 42.0 Å². The van der Waals surface area contributed by atoms with Crippen LogP contribution in [0.3, 0.4) is 0 Å². The van der Waals surface area contributed by atoms with Gasteiger partial charge in [0.1, 0.15) is 6.10 Å². The molecule has 2 aromatic carbocycles. The number of rotatable bonds is 8. The first-order valence-electron chi connectivity index (χ1n) is 11.0. The Morgan fingerprint density at radius 2 is 1.84 bits per heavy atom. The van der Waals surface area contributed by atoms with Gasteiger partial charge in [0, 0.05) is 26.1 Å². The fourth-order valence-corrected chi connectivity index (χ4v) is 3.84. The molecule has 3 atom stereocenters. The normalized spacial score (nSPS) is 19.4. The molecule has 1 fully saturated rings. The van der Waals surface area contributed by atoms with E-state index in [9.17, 15) is 0 Å². The number of methoxy groups -OCH3 is 1. The van der Waals surface area contributed by atoms with Gasteiger partial charge in [-0.05, 0) is 44.4 Å². The molecule has 0 spiro atoms. The van der Waals surface area contributed by atoms with Crippen LogP contribution >= 0.6 is 24.0 Å². The molecular formula is C25H36IN3O3. The molecule has 0 saturated carbocycles.